The fourth-order valence-corrected chi connectivity index (χ4v) is 1.37. The Kier molecular flexibility index (Phi) is 3.37. The molecule has 1 amide bonds. The molecule has 84 valence electrons. The van der Waals surface area contributed by atoms with Crippen molar-refractivity contribution in [2.75, 3.05) is 6.26 Å². The number of rotatable bonds is 4. The third-order valence-corrected chi connectivity index (χ3v) is 2.00. The Hall–Kier alpha value is -1.48. The highest BCUT2D eigenvalue weighted by molar-refractivity contribution is 7.89. The number of carbonyl (C=O) groups is 1. The molecule has 0 radical (unpaired) electrons. The van der Waals surface area contributed by atoms with E-state index in [1.165, 1.54) is 10.9 Å². The molecule has 9 heteroatoms. The van der Waals surface area contributed by atoms with Crippen molar-refractivity contribution in [3.05, 3.63) is 11.9 Å². The van der Waals surface area contributed by atoms with Gasteiger partial charge in [-0.05, 0) is 0 Å². The summed E-state index contributed by atoms with van der Waals surface area (Å²) in [7, 11) is -3.53. The second-order valence-corrected chi connectivity index (χ2v) is 4.66. The van der Waals surface area contributed by atoms with E-state index < -0.39 is 15.9 Å². The maximum absolute atomic E-state index is 11.1. The van der Waals surface area contributed by atoms with Crippen molar-refractivity contribution in [3.63, 3.8) is 0 Å². The summed E-state index contributed by atoms with van der Waals surface area (Å²) in [5, 5.41) is 7.23. The largest absolute Gasteiger partial charge is 0.325 e. The van der Waals surface area contributed by atoms with Gasteiger partial charge < -0.3 is 5.73 Å². The van der Waals surface area contributed by atoms with Gasteiger partial charge >= 0.3 is 0 Å². The van der Waals surface area contributed by atoms with Crippen LogP contribution in [0.1, 0.15) is 5.69 Å². The first-order chi connectivity index (χ1) is 6.90. The SMILES string of the molecule is CS(=O)(=O)NC(=O)Cn1cc(CN)nn1. The Balaban J connectivity index is 2.59. The summed E-state index contributed by atoms with van der Waals surface area (Å²) in [4.78, 5) is 11.1. The van der Waals surface area contributed by atoms with E-state index in [1.54, 1.807) is 0 Å². The number of sulfonamides is 1. The Morgan fingerprint density at radius 3 is 2.80 bits per heavy atom. The number of amides is 1. The van der Waals surface area contributed by atoms with Gasteiger partial charge in [-0.3, -0.25) is 9.52 Å². The molecule has 0 aliphatic heterocycles. The lowest BCUT2D eigenvalue weighted by atomic mass is 10.5. The normalized spacial score (nSPS) is 11.3. The van der Waals surface area contributed by atoms with Gasteiger partial charge in [-0.1, -0.05) is 5.21 Å². The number of hydrogen-bond donors (Lipinski definition) is 2. The van der Waals surface area contributed by atoms with Crippen molar-refractivity contribution in [1.29, 1.82) is 0 Å². The molecule has 0 aliphatic rings. The first-order valence-electron chi connectivity index (χ1n) is 4.00. The Labute approximate surface area is 86.5 Å². The van der Waals surface area contributed by atoms with Crippen LogP contribution in [0.2, 0.25) is 0 Å². The molecule has 0 unspecified atom stereocenters. The highest BCUT2D eigenvalue weighted by Crippen LogP contribution is 1.90. The van der Waals surface area contributed by atoms with Crippen LogP contribution in [0, 0.1) is 0 Å². The van der Waals surface area contributed by atoms with Crippen molar-refractivity contribution < 1.29 is 13.2 Å². The van der Waals surface area contributed by atoms with E-state index in [1.807, 2.05) is 4.72 Å². The van der Waals surface area contributed by atoms with Gasteiger partial charge in [0.25, 0.3) is 5.91 Å². The third kappa shape index (κ3) is 4.04. The summed E-state index contributed by atoms with van der Waals surface area (Å²) in [6, 6.07) is 0. The van der Waals surface area contributed by atoms with Crippen LogP contribution in [0.4, 0.5) is 0 Å². The molecular weight excluding hydrogens is 222 g/mol. The zero-order chi connectivity index (χ0) is 11.5. The lowest BCUT2D eigenvalue weighted by Crippen LogP contribution is -2.32. The second-order valence-electron chi connectivity index (χ2n) is 2.91. The van der Waals surface area contributed by atoms with Crippen LogP contribution in [0.5, 0.6) is 0 Å². The number of nitrogens with one attached hydrogen (secondary N) is 1. The van der Waals surface area contributed by atoms with Gasteiger partial charge in [-0.2, -0.15) is 0 Å². The molecule has 0 aromatic carbocycles. The molecule has 0 saturated heterocycles. The molecule has 3 N–H and O–H groups in total. The molecule has 0 spiro atoms. The van der Waals surface area contributed by atoms with Crippen molar-refractivity contribution in [3.8, 4) is 0 Å². The van der Waals surface area contributed by atoms with E-state index in [4.69, 9.17) is 5.73 Å². The third-order valence-electron chi connectivity index (χ3n) is 1.40. The number of nitrogens with two attached hydrogens (primary N) is 1. The van der Waals surface area contributed by atoms with Gasteiger partial charge in [-0.25, -0.2) is 13.1 Å². The fraction of sp³-hybridized carbons (Fsp3) is 0.500. The molecule has 0 saturated carbocycles. The van der Waals surface area contributed by atoms with Gasteiger partial charge in [0.2, 0.25) is 10.0 Å². The minimum absolute atomic E-state index is 0.208. The lowest BCUT2D eigenvalue weighted by Gasteiger charge is -2.01. The van der Waals surface area contributed by atoms with Gasteiger partial charge in [-0.15, -0.1) is 5.10 Å². The Morgan fingerprint density at radius 1 is 1.67 bits per heavy atom. The first kappa shape index (κ1) is 11.6. The summed E-state index contributed by atoms with van der Waals surface area (Å²) >= 11 is 0. The number of nitrogens with zero attached hydrogens (tertiary/aromatic N) is 3. The molecular formula is C6H11N5O3S. The summed E-state index contributed by atoms with van der Waals surface area (Å²) < 4.78 is 24.4. The second kappa shape index (κ2) is 4.36. The van der Waals surface area contributed by atoms with Gasteiger partial charge in [0, 0.05) is 6.54 Å². The molecule has 15 heavy (non-hydrogen) atoms. The molecule has 1 rings (SSSR count). The maximum Gasteiger partial charge on any atom is 0.255 e. The van der Waals surface area contributed by atoms with E-state index in [9.17, 15) is 13.2 Å². The summed E-state index contributed by atoms with van der Waals surface area (Å²) in [6.45, 7) is 0.00770. The Bertz CT molecular complexity index is 451. The van der Waals surface area contributed by atoms with E-state index in [2.05, 4.69) is 10.3 Å². The summed E-state index contributed by atoms with van der Waals surface area (Å²) in [5.41, 5.74) is 5.81. The zero-order valence-electron chi connectivity index (χ0n) is 8.04. The van der Waals surface area contributed by atoms with E-state index >= 15 is 0 Å². The summed E-state index contributed by atoms with van der Waals surface area (Å²) in [6.07, 6.45) is 2.37. The molecule has 0 fully saturated rings. The van der Waals surface area contributed by atoms with Gasteiger partial charge in [0.05, 0.1) is 18.1 Å². The predicted molar refractivity (Wildman–Crippen MR) is 50.9 cm³/mol. The molecule has 1 heterocycles. The van der Waals surface area contributed by atoms with Crippen LogP contribution in [0.25, 0.3) is 0 Å². The van der Waals surface area contributed by atoms with Gasteiger partial charge in [0.1, 0.15) is 6.54 Å². The summed E-state index contributed by atoms with van der Waals surface area (Å²) in [5.74, 6) is -0.675. The van der Waals surface area contributed by atoms with Gasteiger partial charge in [0.15, 0.2) is 0 Å². The van der Waals surface area contributed by atoms with Crippen molar-refractivity contribution in [1.82, 2.24) is 19.7 Å². The first-order valence-corrected chi connectivity index (χ1v) is 5.89. The zero-order valence-corrected chi connectivity index (χ0v) is 8.86. The standard InChI is InChI=1S/C6H11N5O3S/c1-15(13,14)9-6(12)4-11-3-5(2-7)8-10-11/h3H,2,4,7H2,1H3,(H,9,12). The maximum atomic E-state index is 11.1. The van der Waals surface area contributed by atoms with Crippen LogP contribution in [0.3, 0.4) is 0 Å². The van der Waals surface area contributed by atoms with Crippen LogP contribution in [-0.4, -0.2) is 35.6 Å². The molecule has 0 bridgehead atoms. The minimum Gasteiger partial charge on any atom is -0.325 e. The van der Waals surface area contributed by atoms with E-state index in [-0.39, 0.29) is 13.1 Å². The topological polar surface area (TPSA) is 120 Å². The highest BCUT2D eigenvalue weighted by atomic mass is 32.2. The van der Waals surface area contributed by atoms with E-state index in [0.29, 0.717) is 5.69 Å². The average Bonchev–Trinajstić information content (AvgIpc) is 2.48. The minimum atomic E-state index is -3.53. The van der Waals surface area contributed by atoms with Crippen LogP contribution < -0.4 is 10.5 Å². The average molecular weight is 233 g/mol. The van der Waals surface area contributed by atoms with Crippen molar-refractivity contribution in [2.45, 2.75) is 13.1 Å². The van der Waals surface area contributed by atoms with Crippen molar-refractivity contribution in [2.24, 2.45) is 5.73 Å². The van der Waals surface area contributed by atoms with Crippen LogP contribution in [-0.2, 0) is 27.9 Å². The molecule has 0 atom stereocenters. The van der Waals surface area contributed by atoms with Crippen molar-refractivity contribution >= 4 is 15.9 Å². The number of hydrogen-bond acceptors (Lipinski definition) is 6. The van der Waals surface area contributed by atoms with Crippen LogP contribution in [0.15, 0.2) is 6.20 Å². The van der Waals surface area contributed by atoms with E-state index in [0.717, 1.165) is 6.26 Å². The predicted octanol–water partition coefficient (Wildman–Crippen LogP) is -2.19. The Morgan fingerprint density at radius 2 is 2.33 bits per heavy atom. The highest BCUT2D eigenvalue weighted by Gasteiger charge is 2.09. The smallest absolute Gasteiger partial charge is 0.255 e. The lowest BCUT2D eigenvalue weighted by molar-refractivity contribution is -0.120. The molecule has 1 aromatic rings. The molecule has 0 aliphatic carbocycles. The number of aromatic nitrogens is 3. The molecule has 8 nitrogen and oxygen atoms in total. The van der Waals surface area contributed by atoms with Crippen LogP contribution >= 0.6 is 0 Å². The monoisotopic (exact) mass is 233 g/mol. The number of carbonyl (C=O) groups excluding carboxylic acids is 1. The quantitative estimate of drug-likeness (QED) is 0.609. The fourth-order valence-electron chi connectivity index (χ4n) is 0.896. The molecule has 1 aromatic heterocycles.